The molecule has 1 saturated heterocycles. The van der Waals surface area contributed by atoms with Crippen LogP contribution in [-0.4, -0.2) is 42.7 Å². The summed E-state index contributed by atoms with van der Waals surface area (Å²) in [6.45, 7) is 2.34. The quantitative estimate of drug-likeness (QED) is 0.448. The number of benzene rings is 2. The number of carbonyl (C=O) groups excluding carboxylic acids is 2. The first-order valence-corrected chi connectivity index (χ1v) is 13.3. The first-order valence-electron chi connectivity index (χ1n) is 10.9. The van der Waals surface area contributed by atoms with Gasteiger partial charge in [-0.25, -0.2) is 18.2 Å². The van der Waals surface area contributed by atoms with Gasteiger partial charge in [-0.3, -0.25) is 9.69 Å². The average molecular weight is 500 g/mol. The second-order valence-corrected chi connectivity index (χ2v) is 10.7. The normalized spacial score (nSPS) is 14.5. The van der Waals surface area contributed by atoms with Gasteiger partial charge in [-0.15, -0.1) is 11.3 Å². The van der Waals surface area contributed by atoms with Gasteiger partial charge in [-0.1, -0.05) is 30.7 Å². The lowest BCUT2D eigenvalue weighted by Gasteiger charge is -2.25. The van der Waals surface area contributed by atoms with Crippen LogP contribution in [0.3, 0.4) is 0 Å². The smallest absolute Gasteiger partial charge is 0.338 e. The van der Waals surface area contributed by atoms with E-state index in [2.05, 4.69) is 4.98 Å². The van der Waals surface area contributed by atoms with Crippen LogP contribution in [0.5, 0.6) is 0 Å². The Hall–Kier alpha value is -3.08. The fraction of sp³-hybridized carbons (Fsp3) is 0.292. The fourth-order valence-electron chi connectivity index (χ4n) is 3.73. The van der Waals surface area contributed by atoms with Gasteiger partial charge in [0.1, 0.15) is 6.61 Å². The Balaban J connectivity index is 1.44. The lowest BCUT2D eigenvalue weighted by Crippen LogP contribution is -2.35. The highest BCUT2D eigenvalue weighted by Crippen LogP contribution is 2.29. The van der Waals surface area contributed by atoms with Gasteiger partial charge in [0.25, 0.3) is 0 Å². The van der Waals surface area contributed by atoms with Crippen molar-refractivity contribution in [3.63, 3.8) is 0 Å². The van der Waals surface area contributed by atoms with Crippen LogP contribution in [0.15, 0.2) is 64.9 Å². The minimum atomic E-state index is -3.65. The zero-order valence-corrected chi connectivity index (χ0v) is 20.3. The molecule has 2 aromatic carbocycles. The van der Waals surface area contributed by atoms with Crippen molar-refractivity contribution in [2.24, 2.45) is 0 Å². The lowest BCUT2D eigenvalue weighted by molar-refractivity contribution is -0.115. The monoisotopic (exact) mass is 499 g/mol. The second-order valence-electron chi connectivity index (χ2n) is 7.88. The van der Waals surface area contributed by atoms with Crippen LogP contribution >= 0.6 is 11.3 Å². The molecule has 4 rings (SSSR count). The van der Waals surface area contributed by atoms with Crippen molar-refractivity contribution in [3.05, 3.63) is 71.2 Å². The van der Waals surface area contributed by atoms with Crippen LogP contribution in [0, 0.1) is 0 Å². The molecule has 8 nitrogen and oxygen atoms in total. The van der Waals surface area contributed by atoms with Crippen molar-refractivity contribution < 1.29 is 22.7 Å². The van der Waals surface area contributed by atoms with Gasteiger partial charge in [-0.05, 0) is 43.2 Å². The van der Waals surface area contributed by atoms with Crippen LogP contribution < -0.4 is 4.90 Å². The summed E-state index contributed by atoms with van der Waals surface area (Å²) >= 11 is 1.27. The number of para-hydroxylation sites is 1. The first-order chi connectivity index (χ1) is 16.4. The van der Waals surface area contributed by atoms with E-state index >= 15 is 0 Å². The molecule has 178 valence electrons. The summed E-state index contributed by atoms with van der Waals surface area (Å²) in [6, 6.07) is 15.1. The number of carbonyl (C=O) groups is 2. The zero-order chi connectivity index (χ0) is 24.1. The van der Waals surface area contributed by atoms with E-state index in [9.17, 15) is 18.0 Å². The second kappa shape index (κ2) is 10.5. The third-order valence-electron chi connectivity index (χ3n) is 5.43. The van der Waals surface area contributed by atoms with Crippen molar-refractivity contribution in [1.29, 1.82) is 0 Å². The average Bonchev–Trinajstić information content (AvgIpc) is 3.32. The maximum Gasteiger partial charge on any atom is 0.338 e. The van der Waals surface area contributed by atoms with E-state index in [0.717, 1.165) is 19.3 Å². The van der Waals surface area contributed by atoms with Crippen LogP contribution in [0.1, 0.15) is 42.2 Å². The molecule has 0 saturated carbocycles. The van der Waals surface area contributed by atoms with E-state index in [-0.39, 0.29) is 23.0 Å². The van der Waals surface area contributed by atoms with Crippen LogP contribution in [-0.2, 0) is 26.2 Å². The summed E-state index contributed by atoms with van der Waals surface area (Å²) in [7, 11) is -3.65. The summed E-state index contributed by atoms with van der Waals surface area (Å²) < 4.78 is 32.7. The molecular weight excluding hydrogens is 474 g/mol. The summed E-state index contributed by atoms with van der Waals surface area (Å²) in [4.78, 5) is 30.8. The number of rotatable bonds is 7. The molecule has 1 fully saturated rings. The predicted molar refractivity (Wildman–Crippen MR) is 130 cm³/mol. The molecule has 2 heterocycles. The summed E-state index contributed by atoms with van der Waals surface area (Å²) in [5.41, 5.74) is 1.34. The maximum absolute atomic E-state index is 12.9. The van der Waals surface area contributed by atoms with Crippen LogP contribution in [0.4, 0.5) is 10.8 Å². The van der Waals surface area contributed by atoms with Crippen molar-refractivity contribution in [2.75, 3.05) is 18.0 Å². The highest BCUT2D eigenvalue weighted by molar-refractivity contribution is 7.89. The Kier molecular flexibility index (Phi) is 7.40. The number of piperidine rings is 1. The van der Waals surface area contributed by atoms with E-state index in [1.807, 2.05) is 30.3 Å². The van der Waals surface area contributed by atoms with Gasteiger partial charge in [0, 0.05) is 25.4 Å². The molecule has 1 amide bonds. The van der Waals surface area contributed by atoms with E-state index in [1.165, 1.54) is 45.7 Å². The van der Waals surface area contributed by atoms with E-state index in [1.54, 1.807) is 11.4 Å². The molecule has 1 aliphatic rings. The SMILES string of the molecule is CC(=O)N(c1ccccc1)c1nc(COC(=O)c2cccc(S(=O)(=O)N3CCCCC3)c2)cs1. The largest absolute Gasteiger partial charge is 0.456 e. The lowest BCUT2D eigenvalue weighted by atomic mass is 10.2. The summed E-state index contributed by atoms with van der Waals surface area (Å²) in [6.07, 6.45) is 2.69. The minimum Gasteiger partial charge on any atom is -0.456 e. The molecule has 1 aliphatic heterocycles. The Morgan fingerprint density at radius 3 is 2.50 bits per heavy atom. The predicted octanol–water partition coefficient (Wildman–Crippen LogP) is 4.36. The van der Waals surface area contributed by atoms with Crippen molar-refractivity contribution in [1.82, 2.24) is 9.29 Å². The standard InChI is InChI=1S/C24H25N3O5S2/c1-18(28)27(21-10-4-2-5-11-21)24-25-20(17-33-24)16-32-23(29)19-9-8-12-22(15-19)34(30,31)26-13-6-3-7-14-26/h2,4-5,8-12,15,17H,3,6-7,13-14,16H2,1H3. The third kappa shape index (κ3) is 5.35. The number of sulfonamides is 1. The molecule has 0 aliphatic carbocycles. The highest BCUT2D eigenvalue weighted by Gasteiger charge is 2.26. The number of hydrogen-bond donors (Lipinski definition) is 0. The Morgan fingerprint density at radius 2 is 1.79 bits per heavy atom. The third-order valence-corrected chi connectivity index (χ3v) is 8.20. The summed E-state index contributed by atoms with van der Waals surface area (Å²) in [5, 5.41) is 2.19. The Bertz CT molecular complexity index is 1270. The van der Waals surface area contributed by atoms with Crippen LogP contribution in [0.25, 0.3) is 0 Å². The Morgan fingerprint density at radius 1 is 1.06 bits per heavy atom. The van der Waals surface area contributed by atoms with Gasteiger partial charge in [0.2, 0.25) is 15.9 Å². The molecular formula is C24H25N3O5S2. The number of hydrogen-bond acceptors (Lipinski definition) is 7. The number of anilines is 2. The highest BCUT2D eigenvalue weighted by atomic mass is 32.2. The molecule has 3 aromatic rings. The topological polar surface area (TPSA) is 96.9 Å². The van der Waals surface area contributed by atoms with Crippen molar-refractivity contribution >= 4 is 44.1 Å². The van der Waals surface area contributed by atoms with E-state index in [4.69, 9.17) is 4.74 Å². The number of nitrogens with zero attached hydrogens (tertiary/aromatic N) is 3. The number of ether oxygens (including phenoxy) is 1. The molecule has 10 heteroatoms. The number of esters is 1. The fourth-order valence-corrected chi connectivity index (χ4v) is 6.16. The number of amides is 1. The van der Waals surface area contributed by atoms with Crippen molar-refractivity contribution in [2.45, 2.75) is 37.7 Å². The molecule has 0 N–H and O–H groups in total. The van der Waals surface area contributed by atoms with Crippen LogP contribution in [0.2, 0.25) is 0 Å². The number of aromatic nitrogens is 1. The number of thiazole rings is 1. The molecule has 0 radical (unpaired) electrons. The van der Waals surface area contributed by atoms with Gasteiger partial charge in [-0.2, -0.15) is 4.31 Å². The summed E-state index contributed by atoms with van der Waals surface area (Å²) in [5.74, 6) is -0.826. The van der Waals surface area contributed by atoms with E-state index in [0.29, 0.717) is 29.6 Å². The first kappa shape index (κ1) is 24.1. The van der Waals surface area contributed by atoms with Gasteiger partial charge in [0.05, 0.1) is 21.8 Å². The molecule has 1 aromatic heterocycles. The maximum atomic E-state index is 12.9. The molecule has 0 unspecified atom stereocenters. The molecule has 0 bridgehead atoms. The molecule has 0 spiro atoms. The van der Waals surface area contributed by atoms with Gasteiger partial charge < -0.3 is 4.74 Å². The molecule has 0 atom stereocenters. The minimum absolute atomic E-state index is 0.0831. The Labute approximate surface area is 202 Å². The van der Waals surface area contributed by atoms with Gasteiger partial charge in [0.15, 0.2) is 5.13 Å². The molecule has 34 heavy (non-hydrogen) atoms. The van der Waals surface area contributed by atoms with Gasteiger partial charge >= 0.3 is 5.97 Å². The van der Waals surface area contributed by atoms with Crippen molar-refractivity contribution in [3.8, 4) is 0 Å². The zero-order valence-electron chi connectivity index (χ0n) is 18.7. The van der Waals surface area contributed by atoms with E-state index < -0.39 is 16.0 Å².